The first-order valence-electron chi connectivity index (χ1n) is 5.01. The molecule has 1 fully saturated rings. The Kier molecular flexibility index (Phi) is 2.33. The van der Waals surface area contributed by atoms with E-state index in [4.69, 9.17) is 0 Å². The van der Waals surface area contributed by atoms with Crippen molar-refractivity contribution < 1.29 is 18.0 Å². The normalized spacial score (nSPS) is 21.9. The fourth-order valence-corrected chi connectivity index (χ4v) is 1.87. The van der Waals surface area contributed by atoms with Crippen LogP contribution < -0.4 is 0 Å². The maximum atomic E-state index is 13.3. The van der Waals surface area contributed by atoms with Crippen LogP contribution in [0.1, 0.15) is 30.6 Å². The fourth-order valence-electron chi connectivity index (χ4n) is 1.87. The van der Waals surface area contributed by atoms with Gasteiger partial charge in [-0.25, -0.2) is 13.2 Å². The summed E-state index contributed by atoms with van der Waals surface area (Å²) in [5.41, 5.74) is -0.818. The van der Waals surface area contributed by atoms with E-state index in [1.807, 2.05) is 13.8 Å². The highest BCUT2D eigenvalue weighted by Gasteiger charge is 2.51. The summed E-state index contributed by atoms with van der Waals surface area (Å²) in [6.45, 7) is 3.71. The van der Waals surface area contributed by atoms with Gasteiger partial charge in [0.1, 0.15) is 17.5 Å². The molecule has 86 valence electrons. The van der Waals surface area contributed by atoms with Gasteiger partial charge in [0.15, 0.2) is 5.78 Å². The Labute approximate surface area is 91.3 Å². The lowest BCUT2D eigenvalue weighted by atomic mass is 10.0. The average molecular weight is 228 g/mol. The largest absolute Gasteiger partial charge is 0.294 e. The molecule has 0 bridgehead atoms. The number of hydrogen-bond acceptors (Lipinski definition) is 1. The molecule has 0 radical (unpaired) electrons. The molecule has 0 N–H and O–H groups in total. The van der Waals surface area contributed by atoms with Crippen molar-refractivity contribution in [3.63, 3.8) is 0 Å². The van der Waals surface area contributed by atoms with Crippen molar-refractivity contribution in [1.29, 1.82) is 0 Å². The first kappa shape index (κ1) is 11.2. The summed E-state index contributed by atoms with van der Waals surface area (Å²) in [6.07, 6.45) is 0.613. The van der Waals surface area contributed by atoms with Crippen LogP contribution >= 0.6 is 0 Å². The third-order valence-corrected chi connectivity index (χ3v) is 3.08. The van der Waals surface area contributed by atoms with E-state index < -0.39 is 28.8 Å². The van der Waals surface area contributed by atoms with Gasteiger partial charge in [-0.2, -0.15) is 0 Å². The lowest BCUT2D eigenvalue weighted by Gasteiger charge is -2.05. The Bertz CT molecular complexity index is 442. The molecule has 0 amide bonds. The highest BCUT2D eigenvalue weighted by atomic mass is 19.1. The van der Waals surface area contributed by atoms with Crippen molar-refractivity contribution in [2.45, 2.75) is 20.3 Å². The number of ketones is 1. The van der Waals surface area contributed by atoms with Crippen molar-refractivity contribution in [3.8, 4) is 0 Å². The third kappa shape index (κ3) is 1.72. The van der Waals surface area contributed by atoms with Crippen LogP contribution in [0.5, 0.6) is 0 Å². The number of carbonyl (C=O) groups excluding carboxylic acids is 1. The average Bonchev–Trinajstić information content (AvgIpc) is 2.73. The van der Waals surface area contributed by atoms with E-state index >= 15 is 0 Å². The van der Waals surface area contributed by atoms with Gasteiger partial charge in [0.05, 0.1) is 5.56 Å². The van der Waals surface area contributed by atoms with Crippen LogP contribution in [0.2, 0.25) is 0 Å². The number of carbonyl (C=O) groups is 1. The zero-order chi connectivity index (χ0) is 12.1. The molecular weight excluding hydrogens is 217 g/mol. The number of hydrogen-bond donors (Lipinski definition) is 0. The Morgan fingerprint density at radius 1 is 1.25 bits per heavy atom. The number of halogens is 3. The smallest absolute Gasteiger partial charge is 0.172 e. The van der Waals surface area contributed by atoms with E-state index in [1.54, 1.807) is 0 Å². The number of benzene rings is 1. The predicted octanol–water partition coefficient (Wildman–Crippen LogP) is 3.33. The standard InChI is InChI=1S/C12H11F3O/c1-12(2)5-7(12)11(16)10-8(14)3-6(13)4-9(10)15/h3-4,7H,5H2,1-2H3. The Morgan fingerprint density at radius 3 is 2.06 bits per heavy atom. The second-order valence-corrected chi connectivity index (χ2v) is 4.85. The quantitative estimate of drug-likeness (QED) is 0.709. The molecule has 0 aliphatic heterocycles. The molecular formula is C12H11F3O. The molecule has 1 aromatic carbocycles. The molecule has 0 spiro atoms. The lowest BCUT2D eigenvalue weighted by Crippen LogP contribution is -2.11. The molecule has 1 unspecified atom stereocenters. The molecule has 1 aliphatic rings. The molecule has 0 aromatic heterocycles. The molecule has 1 nitrogen and oxygen atoms in total. The van der Waals surface area contributed by atoms with Crippen LogP contribution in [0.4, 0.5) is 13.2 Å². The van der Waals surface area contributed by atoms with Crippen molar-refractivity contribution in [3.05, 3.63) is 35.1 Å². The van der Waals surface area contributed by atoms with E-state index in [9.17, 15) is 18.0 Å². The summed E-state index contributed by atoms with van der Waals surface area (Å²) in [5.74, 6) is -4.18. The molecule has 1 aliphatic carbocycles. The van der Waals surface area contributed by atoms with Gasteiger partial charge in [-0.05, 0) is 11.8 Å². The fraction of sp³-hybridized carbons (Fsp3) is 0.417. The van der Waals surface area contributed by atoms with E-state index in [1.165, 1.54) is 0 Å². The van der Waals surface area contributed by atoms with E-state index in [-0.39, 0.29) is 11.3 Å². The van der Waals surface area contributed by atoms with Gasteiger partial charge in [0.2, 0.25) is 0 Å². The summed E-state index contributed by atoms with van der Waals surface area (Å²) in [6, 6.07) is 1.07. The molecule has 1 aromatic rings. The van der Waals surface area contributed by atoms with Gasteiger partial charge in [0.25, 0.3) is 0 Å². The van der Waals surface area contributed by atoms with Crippen molar-refractivity contribution in [2.75, 3.05) is 0 Å². The second-order valence-electron chi connectivity index (χ2n) is 4.85. The zero-order valence-electron chi connectivity index (χ0n) is 8.98. The highest BCUT2D eigenvalue weighted by Crippen LogP contribution is 2.53. The first-order chi connectivity index (χ1) is 7.33. The molecule has 16 heavy (non-hydrogen) atoms. The number of rotatable bonds is 2. The van der Waals surface area contributed by atoms with Crippen LogP contribution in [0.15, 0.2) is 12.1 Å². The summed E-state index contributed by atoms with van der Waals surface area (Å²) < 4.78 is 39.3. The van der Waals surface area contributed by atoms with Crippen molar-refractivity contribution in [1.82, 2.24) is 0 Å². The summed E-state index contributed by atoms with van der Waals surface area (Å²) in [5, 5.41) is 0. The monoisotopic (exact) mass is 228 g/mol. The summed E-state index contributed by atoms with van der Waals surface area (Å²) >= 11 is 0. The summed E-state index contributed by atoms with van der Waals surface area (Å²) in [7, 11) is 0. The summed E-state index contributed by atoms with van der Waals surface area (Å²) in [4.78, 5) is 11.8. The molecule has 2 rings (SSSR count). The minimum absolute atomic E-state index is 0.204. The van der Waals surface area contributed by atoms with Crippen LogP contribution in [0.25, 0.3) is 0 Å². The van der Waals surface area contributed by atoms with E-state index in [0.717, 1.165) is 0 Å². The third-order valence-electron chi connectivity index (χ3n) is 3.08. The van der Waals surface area contributed by atoms with Gasteiger partial charge in [-0.15, -0.1) is 0 Å². The van der Waals surface area contributed by atoms with Gasteiger partial charge in [-0.1, -0.05) is 13.8 Å². The molecule has 4 heteroatoms. The molecule has 0 heterocycles. The van der Waals surface area contributed by atoms with Crippen molar-refractivity contribution in [2.24, 2.45) is 11.3 Å². The maximum Gasteiger partial charge on any atom is 0.172 e. The van der Waals surface area contributed by atoms with Gasteiger partial charge in [-0.3, -0.25) is 4.79 Å². The van der Waals surface area contributed by atoms with Crippen LogP contribution in [-0.4, -0.2) is 5.78 Å². The van der Waals surface area contributed by atoms with E-state index in [0.29, 0.717) is 18.6 Å². The van der Waals surface area contributed by atoms with Crippen LogP contribution in [0, 0.1) is 28.8 Å². The second kappa shape index (κ2) is 3.34. The minimum Gasteiger partial charge on any atom is -0.294 e. The Morgan fingerprint density at radius 2 is 1.69 bits per heavy atom. The Balaban J connectivity index is 2.38. The maximum absolute atomic E-state index is 13.3. The van der Waals surface area contributed by atoms with E-state index in [2.05, 4.69) is 0 Å². The van der Waals surface area contributed by atoms with Gasteiger partial charge < -0.3 is 0 Å². The van der Waals surface area contributed by atoms with Crippen LogP contribution in [-0.2, 0) is 0 Å². The Hall–Kier alpha value is -1.32. The predicted molar refractivity (Wildman–Crippen MR) is 52.5 cm³/mol. The topological polar surface area (TPSA) is 17.1 Å². The lowest BCUT2D eigenvalue weighted by molar-refractivity contribution is 0.0944. The first-order valence-corrected chi connectivity index (χ1v) is 5.01. The molecule has 1 saturated carbocycles. The van der Waals surface area contributed by atoms with Gasteiger partial charge >= 0.3 is 0 Å². The highest BCUT2D eigenvalue weighted by molar-refractivity contribution is 6.00. The van der Waals surface area contributed by atoms with Gasteiger partial charge in [0, 0.05) is 18.1 Å². The molecule has 1 atom stereocenters. The minimum atomic E-state index is -1.12. The number of Topliss-reactive ketones (excluding diaryl/α,β-unsaturated/α-hetero) is 1. The SMILES string of the molecule is CC1(C)CC1C(=O)c1c(F)cc(F)cc1F. The van der Waals surface area contributed by atoms with Crippen molar-refractivity contribution >= 4 is 5.78 Å². The zero-order valence-corrected chi connectivity index (χ0v) is 8.98. The molecule has 0 saturated heterocycles. The van der Waals surface area contributed by atoms with Crippen LogP contribution in [0.3, 0.4) is 0 Å².